The lowest BCUT2D eigenvalue weighted by Gasteiger charge is -2.26. The van der Waals surface area contributed by atoms with Gasteiger partial charge < -0.3 is 15.4 Å². The van der Waals surface area contributed by atoms with Gasteiger partial charge in [-0.2, -0.15) is 0 Å². The van der Waals surface area contributed by atoms with Gasteiger partial charge in [0.2, 0.25) is 11.8 Å². The number of ether oxygens (including phenoxy) is 1. The summed E-state index contributed by atoms with van der Waals surface area (Å²) in [5, 5.41) is 7.78. The third-order valence-corrected chi connectivity index (χ3v) is 6.77. The Morgan fingerprint density at radius 3 is 2.56 bits per heavy atom. The van der Waals surface area contributed by atoms with Crippen LogP contribution >= 0.6 is 0 Å². The van der Waals surface area contributed by atoms with Crippen LogP contribution in [0.25, 0.3) is 10.9 Å². The Balaban J connectivity index is 1.48. The van der Waals surface area contributed by atoms with E-state index in [2.05, 4.69) is 27.5 Å². The number of fused-ring (bicyclic) bond motifs is 1. The highest BCUT2D eigenvalue weighted by molar-refractivity contribution is 5.86. The Morgan fingerprint density at radius 1 is 1.00 bits per heavy atom. The van der Waals surface area contributed by atoms with Crippen LogP contribution in [0.4, 0.5) is 5.95 Å². The van der Waals surface area contributed by atoms with Gasteiger partial charge in [-0.15, -0.1) is 0 Å². The minimum absolute atomic E-state index is 0.0841. The molecule has 5 rings (SSSR count). The van der Waals surface area contributed by atoms with Crippen LogP contribution in [0.1, 0.15) is 75.0 Å². The van der Waals surface area contributed by atoms with Crippen molar-refractivity contribution in [1.29, 1.82) is 0 Å². The number of anilines is 1. The van der Waals surface area contributed by atoms with E-state index < -0.39 is 0 Å². The largest absolute Gasteiger partial charge is 0.474 e. The van der Waals surface area contributed by atoms with E-state index in [9.17, 15) is 0 Å². The van der Waals surface area contributed by atoms with Crippen LogP contribution in [0.2, 0.25) is 0 Å². The van der Waals surface area contributed by atoms with E-state index in [1.807, 2.05) is 36.9 Å². The number of aromatic nitrogens is 4. The van der Waals surface area contributed by atoms with Gasteiger partial charge in [-0.05, 0) is 69.3 Å². The van der Waals surface area contributed by atoms with Gasteiger partial charge in [0.05, 0.1) is 16.9 Å². The van der Waals surface area contributed by atoms with Crippen LogP contribution in [-0.4, -0.2) is 39.1 Å². The molecule has 1 atom stereocenters. The summed E-state index contributed by atoms with van der Waals surface area (Å²) in [5.74, 6) is 1.81. The molecule has 0 aromatic carbocycles. The molecule has 7 heteroatoms. The Hall–Kier alpha value is -2.80. The lowest BCUT2D eigenvalue weighted by Crippen LogP contribution is -2.34. The normalized spacial score (nSPS) is 19.0. The second-order valence-corrected chi connectivity index (χ2v) is 9.02. The first-order valence-electron chi connectivity index (χ1n) is 12.0. The molecular weight excluding hydrogens is 400 g/mol. The molecule has 0 amide bonds. The molecule has 2 fully saturated rings. The van der Waals surface area contributed by atoms with E-state index in [1.165, 1.54) is 37.7 Å². The highest BCUT2D eigenvalue weighted by Gasteiger charge is 2.23. The van der Waals surface area contributed by atoms with E-state index in [-0.39, 0.29) is 12.1 Å². The molecule has 3 aromatic heterocycles. The molecule has 32 heavy (non-hydrogen) atoms. The molecule has 1 saturated heterocycles. The van der Waals surface area contributed by atoms with Crippen molar-refractivity contribution in [1.82, 2.24) is 25.3 Å². The first-order chi connectivity index (χ1) is 15.8. The van der Waals surface area contributed by atoms with Gasteiger partial charge in [-0.25, -0.2) is 15.0 Å². The summed E-state index contributed by atoms with van der Waals surface area (Å²) in [7, 11) is 0. The van der Waals surface area contributed by atoms with Crippen LogP contribution in [0.5, 0.6) is 5.88 Å². The highest BCUT2D eigenvalue weighted by atomic mass is 16.5. The van der Waals surface area contributed by atoms with Crippen LogP contribution in [0.3, 0.4) is 0 Å². The van der Waals surface area contributed by atoms with Crippen LogP contribution in [0.15, 0.2) is 36.9 Å². The molecule has 0 bridgehead atoms. The number of pyridine rings is 2. The van der Waals surface area contributed by atoms with Gasteiger partial charge in [-0.3, -0.25) is 4.98 Å². The van der Waals surface area contributed by atoms with Crippen molar-refractivity contribution in [3.8, 4) is 5.88 Å². The van der Waals surface area contributed by atoms with Crippen molar-refractivity contribution < 1.29 is 4.74 Å². The zero-order chi connectivity index (χ0) is 21.8. The summed E-state index contributed by atoms with van der Waals surface area (Å²) in [6.07, 6.45) is 16.0. The SMILES string of the molecule is CC(Nc1ncc2c(OC3CCNCC3)ncc(C3CCCCC3)c2n1)c1ccncc1. The number of rotatable bonds is 6. The second-order valence-electron chi connectivity index (χ2n) is 9.02. The average molecular weight is 433 g/mol. The highest BCUT2D eigenvalue weighted by Crippen LogP contribution is 2.38. The molecule has 1 aliphatic heterocycles. The molecule has 1 saturated carbocycles. The summed E-state index contributed by atoms with van der Waals surface area (Å²) in [6, 6.07) is 4.11. The van der Waals surface area contributed by atoms with Gasteiger partial charge in [0.1, 0.15) is 6.10 Å². The standard InChI is InChI=1S/C25H32N6O/c1-17(18-7-11-26-12-8-18)30-25-29-16-22-23(31-25)21(19-5-3-2-4-6-19)15-28-24(22)32-20-9-13-27-14-10-20/h7-8,11-12,15-17,19-20,27H,2-6,9-10,13-14H2,1H3,(H,29,30,31). The fraction of sp³-hybridized carbons (Fsp3) is 0.520. The predicted molar refractivity (Wildman–Crippen MR) is 126 cm³/mol. The lowest BCUT2D eigenvalue weighted by molar-refractivity contribution is 0.158. The molecule has 2 N–H and O–H groups in total. The summed E-state index contributed by atoms with van der Waals surface area (Å²) in [6.45, 7) is 4.09. The quantitative estimate of drug-likeness (QED) is 0.580. The smallest absolute Gasteiger partial charge is 0.224 e. The molecule has 0 radical (unpaired) electrons. The fourth-order valence-electron chi connectivity index (χ4n) is 4.89. The number of hydrogen-bond acceptors (Lipinski definition) is 7. The van der Waals surface area contributed by atoms with Crippen molar-refractivity contribution in [2.45, 2.75) is 69.9 Å². The monoisotopic (exact) mass is 432 g/mol. The van der Waals surface area contributed by atoms with Crippen molar-refractivity contribution in [3.63, 3.8) is 0 Å². The Bertz CT molecular complexity index is 1030. The first-order valence-corrected chi connectivity index (χ1v) is 12.0. The van der Waals surface area contributed by atoms with Crippen molar-refractivity contribution in [2.24, 2.45) is 0 Å². The minimum atomic E-state index is 0.0841. The predicted octanol–water partition coefficient (Wildman–Crippen LogP) is 4.77. The summed E-state index contributed by atoms with van der Waals surface area (Å²) >= 11 is 0. The minimum Gasteiger partial charge on any atom is -0.474 e. The number of nitrogens with zero attached hydrogens (tertiary/aromatic N) is 4. The molecule has 2 aliphatic rings. The van der Waals surface area contributed by atoms with Crippen molar-refractivity contribution in [2.75, 3.05) is 18.4 Å². The van der Waals surface area contributed by atoms with Gasteiger partial charge in [0, 0.05) is 30.4 Å². The van der Waals surface area contributed by atoms with Gasteiger partial charge in [0.25, 0.3) is 0 Å². The average Bonchev–Trinajstić information content (AvgIpc) is 2.86. The maximum Gasteiger partial charge on any atom is 0.224 e. The third-order valence-electron chi connectivity index (χ3n) is 6.77. The maximum absolute atomic E-state index is 6.34. The zero-order valence-corrected chi connectivity index (χ0v) is 18.8. The van der Waals surface area contributed by atoms with Crippen LogP contribution in [0, 0.1) is 0 Å². The molecular formula is C25H32N6O. The van der Waals surface area contributed by atoms with Gasteiger partial charge in [-0.1, -0.05) is 19.3 Å². The maximum atomic E-state index is 6.34. The third kappa shape index (κ3) is 4.67. The number of nitrogens with one attached hydrogen (secondary N) is 2. The van der Waals surface area contributed by atoms with Gasteiger partial charge in [0.15, 0.2) is 0 Å². The molecule has 3 aromatic rings. The second kappa shape index (κ2) is 9.77. The van der Waals surface area contributed by atoms with E-state index >= 15 is 0 Å². The molecule has 168 valence electrons. The molecule has 1 aliphatic carbocycles. The summed E-state index contributed by atoms with van der Waals surface area (Å²) < 4.78 is 6.34. The van der Waals surface area contributed by atoms with E-state index in [4.69, 9.17) is 14.7 Å². The number of piperidine rings is 1. The zero-order valence-electron chi connectivity index (χ0n) is 18.8. The molecule has 7 nitrogen and oxygen atoms in total. The van der Waals surface area contributed by atoms with Gasteiger partial charge >= 0.3 is 0 Å². The fourth-order valence-corrected chi connectivity index (χ4v) is 4.89. The Morgan fingerprint density at radius 2 is 1.78 bits per heavy atom. The molecule has 1 unspecified atom stereocenters. The first kappa shape index (κ1) is 21.1. The summed E-state index contributed by atoms with van der Waals surface area (Å²) in [5.41, 5.74) is 3.37. The number of hydrogen-bond donors (Lipinski definition) is 2. The topological polar surface area (TPSA) is 84.9 Å². The van der Waals surface area contributed by atoms with E-state index in [1.54, 1.807) is 0 Å². The van der Waals surface area contributed by atoms with E-state index in [0.717, 1.165) is 42.4 Å². The Kier molecular flexibility index (Phi) is 6.44. The lowest BCUT2D eigenvalue weighted by atomic mass is 9.84. The van der Waals surface area contributed by atoms with Crippen LogP contribution < -0.4 is 15.4 Å². The summed E-state index contributed by atoms with van der Waals surface area (Å²) in [4.78, 5) is 18.5. The van der Waals surface area contributed by atoms with Crippen molar-refractivity contribution in [3.05, 3.63) is 48.0 Å². The van der Waals surface area contributed by atoms with Crippen molar-refractivity contribution >= 4 is 16.9 Å². The molecule has 0 spiro atoms. The van der Waals surface area contributed by atoms with Crippen LogP contribution in [-0.2, 0) is 0 Å². The molecule has 4 heterocycles. The Labute approximate surface area is 189 Å². The van der Waals surface area contributed by atoms with E-state index in [0.29, 0.717) is 17.7 Å².